The highest BCUT2D eigenvalue weighted by Gasteiger charge is 2.32. The molecular weight excluding hydrogens is 306 g/mol. The Labute approximate surface area is 154 Å². The molecule has 0 spiro atoms. The summed E-state index contributed by atoms with van der Waals surface area (Å²) in [7, 11) is 1.00. The van der Waals surface area contributed by atoms with Crippen LogP contribution in [0.3, 0.4) is 0 Å². The van der Waals surface area contributed by atoms with E-state index in [-0.39, 0.29) is 5.54 Å². The van der Waals surface area contributed by atoms with Crippen LogP contribution in [0.4, 0.5) is 0 Å². The molecule has 2 aliphatic carbocycles. The number of hydrogen-bond donors (Lipinski definition) is 2. The fourth-order valence-electron chi connectivity index (χ4n) is 4.52. The van der Waals surface area contributed by atoms with Crippen molar-refractivity contribution in [2.45, 2.75) is 83.1 Å². The van der Waals surface area contributed by atoms with Crippen LogP contribution in [-0.4, -0.2) is 17.8 Å². The maximum absolute atomic E-state index is 7.00. The molecule has 0 heterocycles. The average molecular weight is 344 g/mol. The van der Waals surface area contributed by atoms with Crippen LogP contribution in [-0.2, 0) is 12.8 Å². The summed E-state index contributed by atoms with van der Waals surface area (Å²) >= 11 is 0. The van der Waals surface area contributed by atoms with Gasteiger partial charge in [-0.3, -0.25) is 0 Å². The molecule has 3 atom stereocenters. The van der Waals surface area contributed by atoms with Gasteiger partial charge in [0, 0.05) is 12.6 Å². The monoisotopic (exact) mass is 343 g/mol. The lowest BCUT2D eigenvalue weighted by molar-refractivity contribution is 0.399. The van der Waals surface area contributed by atoms with E-state index in [1.165, 1.54) is 51.4 Å². The Morgan fingerprint density at radius 3 is 2.68 bits per heavy atom. The molecule has 2 aliphatic rings. The highest BCUT2D eigenvalue weighted by atomic mass is 16.2. The Morgan fingerprint density at radius 2 is 2.00 bits per heavy atom. The molecule has 0 unspecified atom stereocenters. The molecule has 0 aliphatic heterocycles. The van der Waals surface area contributed by atoms with Crippen LogP contribution in [0.25, 0.3) is 0 Å². The second-order valence-corrected chi connectivity index (χ2v) is 8.19. The Hall–Kier alpha value is -1.12. The molecule has 1 fully saturated rings. The van der Waals surface area contributed by atoms with E-state index in [2.05, 4.69) is 44.2 Å². The third-order valence-corrected chi connectivity index (χ3v) is 5.95. The van der Waals surface area contributed by atoms with Crippen LogP contribution in [0.2, 0.25) is 0 Å². The summed E-state index contributed by atoms with van der Waals surface area (Å²) in [5.41, 5.74) is 11.1. The number of nitrogens with two attached hydrogens (primary N) is 1. The molecule has 3 rings (SSSR count). The molecule has 3 N–H and O–H groups in total. The van der Waals surface area contributed by atoms with Gasteiger partial charge < -0.3 is 10.8 Å². The van der Waals surface area contributed by atoms with Crippen LogP contribution >= 0.6 is 0 Å². The molecule has 25 heavy (non-hydrogen) atoms. The lowest BCUT2D eigenvalue weighted by Gasteiger charge is -2.26. The van der Waals surface area contributed by atoms with E-state index in [0.717, 1.165) is 19.4 Å². The normalized spacial score (nSPS) is 28.5. The molecule has 0 amide bonds. The van der Waals surface area contributed by atoms with Gasteiger partial charge >= 0.3 is 0 Å². The number of allylic oxidation sites excluding steroid dienone is 2. The number of benzene rings is 1. The predicted molar refractivity (Wildman–Crippen MR) is 108 cm³/mol. The fourth-order valence-corrected chi connectivity index (χ4v) is 4.52. The first-order valence-electron chi connectivity index (χ1n) is 10.1. The molecule has 0 saturated heterocycles. The van der Waals surface area contributed by atoms with Gasteiger partial charge in [-0.25, -0.2) is 0 Å². The van der Waals surface area contributed by atoms with Gasteiger partial charge in [0.1, 0.15) is 0 Å². The van der Waals surface area contributed by atoms with Crippen molar-refractivity contribution in [2.75, 3.05) is 7.11 Å². The third kappa shape index (κ3) is 5.69. The van der Waals surface area contributed by atoms with Crippen molar-refractivity contribution in [1.29, 1.82) is 0 Å². The highest BCUT2D eigenvalue weighted by molar-refractivity contribution is 5.36. The smallest absolute Gasteiger partial charge is 0.0319 e. The highest BCUT2D eigenvalue weighted by Crippen LogP contribution is 2.40. The van der Waals surface area contributed by atoms with Crippen LogP contribution in [0.5, 0.6) is 0 Å². The zero-order valence-electron chi connectivity index (χ0n) is 16.4. The van der Waals surface area contributed by atoms with Crippen LogP contribution in [0, 0.1) is 5.92 Å². The van der Waals surface area contributed by atoms with Crippen molar-refractivity contribution >= 4 is 0 Å². The molecule has 0 aromatic heterocycles. The Morgan fingerprint density at radius 1 is 1.20 bits per heavy atom. The van der Waals surface area contributed by atoms with Gasteiger partial charge in [0.15, 0.2) is 0 Å². The molecule has 1 aromatic rings. The van der Waals surface area contributed by atoms with Gasteiger partial charge in [-0.2, -0.15) is 0 Å². The molecule has 1 saturated carbocycles. The molecule has 2 heteroatoms. The second kappa shape index (κ2) is 9.54. The predicted octanol–water partition coefficient (Wildman–Crippen LogP) is 5.13. The summed E-state index contributed by atoms with van der Waals surface area (Å²) in [5.74, 6) is 1.57. The lowest BCUT2D eigenvalue weighted by atomic mass is 9.80. The number of aryl methyl sites for hydroxylation is 1. The first kappa shape index (κ1) is 20.2. The van der Waals surface area contributed by atoms with E-state index in [4.69, 9.17) is 10.8 Å². The summed E-state index contributed by atoms with van der Waals surface area (Å²) in [6.45, 7) is 4.42. The molecule has 0 radical (unpaired) electrons. The minimum Gasteiger partial charge on any atom is -0.400 e. The van der Waals surface area contributed by atoms with E-state index in [0.29, 0.717) is 5.92 Å². The van der Waals surface area contributed by atoms with E-state index in [1.807, 2.05) is 0 Å². The van der Waals surface area contributed by atoms with E-state index in [9.17, 15) is 0 Å². The standard InChI is InChI=1S/C22H33N.CH4O/c1-3-4-5-6-7-17-8-9-19-15-20(11-10-18(19)14-17)21-12-13-22(2,23)16-21;1-2/h4-5,10-11,15,17,21H,3,6-9,12-14,16,23H2,1-2H3;2H,1H3/b5-4-;/t17-,21+,22-;/m1./s1. The molecule has 1 aromatic carbocycles. The maximum atomic E-state index is 7.00. The summed E-state index contributed by atoms with van der Waals surface area (Å²) in [4.78, 5) is 0. The summed E-state index contributed by atoms with van der Waals surface area (Å²) in [6.07, 6.45) is 16.0. The van der Waals surface area contributed by atoms with Crippen LogP contribution in [0.15, 0.2) is 30.4 Å². The second-order valence-electron chi connectivity index (χ2n) is 8.19. The van der Waals surface area contributed by atoms with E-state index < -0.39 is 0 Å². The van der Waals surface area contributed by atoms with E-state index >= 15 is 0 Å². The SMILES string of the molecule is CC/C=C\CC[C@@H]1CCc2cc([C@H]3CC[C@@](C)(N)C3)ccc2C1.CO. The number of rotatable bonds is 5. The number of aliphatic hydroxyl groups excluding tert-OH is 1. The van der Waals surface area contributed by atoms with Crippen molar-refractivity contribution in [3.63, 3.8) is 0 Å². The average Bonchev–Trinajstić information content (AvgIpc) is 3.00. The molecule has 2 nitrogen and oxygen atoms in total. The van der Waals surface area contributed by atoms with Gasteiger partial charge in [-0.1, -0.05) is 37.3 Å². The first-order chi connectivity index (χ1) is 12.1. The molecule has 140 valence electrons. The zero-order valence-corrected chi connectivity index (χ0v) is 16.4. The Balaban J connectivity index is 0.00000109. The Kier molecular flexibility index (Phi) is 7.71. The zero-order chi connectivity index (χ0) is 18.3. The lowest BCUT2D eigenvalue weighted by Crippen LogP contribution is -2.32. The van der Waals surface area contributed by atoms with Gasteiger partial charge in [-0.05, 0) is 93.2 Å². The largest absolute Gasteiger partial charge is 0.400 e. The van der Waals surface area contributed by atoms with Crippen molar-refractivity contribution in [2.24, 2.45) is 11.7 Å². The van der Waals surface area contributed by atoms with Crippen LogP contribution in [0.1, 0.15) is 81.4 Å². The van der Waals surface area contributed by atoms with Crippen molar-refractivity contribution in [3.05, 3.63) is 47.0 Å². The van der Waals surface area contributed by atoms with Crippen LogP contribution < -0.4 is 5.73 Å². The number of hydrogen-bond acceptors (Lipinski definition) is 2. The van der Waals surface area contributed by atoms with E-state index in [1.54, 1.807) is 16.7 Å². The quantitative estimate of drug-likeness (QED) is 0.728. The fraction of sp³-hybridized carbons (Fsp3) is 0.652. The number of fused-ring (bicyclic) bond motifs is 1. The minimum absolute atomic E-state index is 0.0532. The first-order valence-corrected chi connectivity index (χ1v) is 10.1. The van der Waals surface area contributed by atoms with Gasteiger partial charge in [0.2, 0.25) is 0 Å². The van der Waals surface area contributed by atoms with Crippen molar-refractivity contribution in [1.82, 2.24) is 0 Å². The number of aliphatic hydroxyl groups is 1. The van der Waals surface area contributed by atoms with Gasteiger partial charge in [0.25, 0.3) is 0 Å². The van der Waals surface area contributed by atoms with Gasteiger partial charge in [0.05, 0.1) is 0 Å². The summed E-state index contributed by atoms with van der Waals surface area (Å²) in [5, 5.41) is 7.00. The molecule has 0 bridgehead atoms. The van der Waals surface area contributed by atoms with Gasteiger partial charge in [-0.15, -0.1) is 0 Å². The minimum atomic E-state index is 0.0532. The summed E-state index contributed by atoms with van der Waals surface area (Å²) in [6, 6.07) is 7.32. The Bertz CT molecular complexity index is 561. The molecular formula is C23H37NO. The van der Waals surface area contributed by atoms with Crippen molar-refractivity contribution < 1.29 is 5.11 Å². The van der Waals surface area contributed by atoms with Crippen molar-refractivity contribution in [3.8, 4) is 0 Å². The third-order valence-electron chi connectivity index (χ3n) is 5.95. The maximum Gasteiger partial charge on any atom is 0.0319 e. The summed E-state index contributed by atoms with van der Waals surface area (Å²) < 4.78 is 0. The topological polar surface area (TPSA) is 46.2 Å².